The number of nitrogens with one attached hydrogen (secondary N) is 1. The minimum Gasteiger partial charge on any atom is -0.355 e. The van der Waals surface area contributed by atoms with Crippen molar-refractivity contribution in [3.63, 3.8) is 0 Å². The van der Waals surface area contributed by atoms with E-state index in [4.69, 9.17) is 0 Å². The summed E-state index contributed by atoms with van der Waals surface area (Å²) in [6.07, 6.45) is 1.37. The van der Waals surface area contributed by atoms with E-state index in [0.29, 0.717) is 12.2 Å². The van der Waals surface area contributed by atoms with Gasteiger partial charge in [0.25, 0.3) is 0 Å². The number of nitrogens with zero attached hydrogens (tertiary/aromatic N) is 2. The largest absolute Gasteiger partial charge is 0.355 e. The van der Waals surface area contributed by atoms with Crippen LogP contribution in [0.2, 0.25) is 0 Å². The molecule has 3 aromatic carbocycles. The normalized spacial score (nSPS) is 12.0. The van der Waals surface area contributed by atoms with E-state index in [0.717, 1.165) is 37.3 Å². The van der Waals surface area contributed by atoms with E-state index in [1.54, 1.807) is 12.1 Å². The topological polar surface area (TPSA) is 86.8 Å². The molecule has 1 atom stereocenters. The number of carbonyl (C=O) groups is 2. The molecule has 0 aliphatic carbocycles. The lowest BCUT2D eigenvalue weighted by Crippen LogP contribution is -2.53. The Bertz CT molecular complexity index is 1360. The summed E-state index contributed by atoms with van der Waals surface area (Å²) in [5, 5.41) is 2.85. The van der Waals surface area contributed by atoms with Gasteiger partial charge in [0.2, 0.25) is 21.8 Å². The Morgan fingerprint density at radius 2 is 1.58 bits per heavy atom. The summed E-state index contributed by atoms with van der Waals surface area (Å²) in [6.45, 7) is 5.78. The van der Waals surface area contributed by atoms with Gasteiger partial charge in [-0.2, -0.15) is 0 Å². The zero-order valence-electron chi connectivity index (χ0n) is 22.1. The van der Waals surface area contributed by atoms with Crippen LogP contribution in [0.25, 0.3) is 0 Å². The molecular weight excluding hydrogens is 566 g/mol. The molecule has 7 nitrogen and oxygen atoms in total. The third-order valence-electron chi connectivity index (χ3n) is 6.35. The molecule has 0 spiro atoms. The summed E-state index contributed by atoms with van der Waals surface area (Å²) in [7, 11) is -3.79. The van der Waals surface area contributed by atoms with Crippen molar-refractivity contribution in [2.75, 3.05) is 23.7 Å². The van der Waals surface area contributed by atoms with Crippen molar-refractivity contribution in [2.45, 2.75) is 39.8 Å². The zero-order chi connectivity index (χ0) is 27.9. The number of hydrogen-bond acceptors (Lipinski definition) is 4. The molecule has 0 saturated heterocycles. The fraction of sp³-hybridized carbons (Fsp3) is 0.310. The Morgan fingerprint density at radius 1 is 0.921 bits per heavy atom. The summed E-state index contributed by atoms with van der Waals surface area (Å²) < 4.78 is 27.7. The quantitative estimate of drug-likeness (QED) is 0.349. The second-order valence-corrected chi connectivity index (χ2v) is 12.1. The van der Waals surface area contributed by atoms with Gasteiger partial charge in [-0.25, -0.2) is 8.42 Å². The predicted molar refractivity (Wildman–Crippen MR) is 155 cm³/mol. The monoisotopic (exact) mass is 599 g/mol. The van der Waals surface area contributed by atoms with Crippen LogP contribution in [0.5, 0.6) is 0 Å². The lowest BCUT2D eigenvalue weighted by Gasteiger charge is -2.33. The van der Waals surface area contributed by atoms with E-state index in [1.165, 1.54) is 4.90 Å². The van der Waals surface area contributed by atoms with Gasteiger partial charge in [-0.15, -0.1) is 0 Å². The summed E-state index contributed by atoms with van der Waals surface area (Å²) in [4.78, 5) is 28.8. The number of anilines is 1. The summed E-state index contributed by atoms with van der Waals surface area (Å²) >= 11 is 3.43. The van der Waals surface area contributed by atoms with Crippen LogP contribution in [-0.4, -0.2) is 50.5 Å². The average molecular weight is 601 g/mol. The van der Waals surface area contributed by atoms with Crippen LogP contribution in [-0.2, 0) is 32.6 Å². The maximum atomic E-state index is 14.0. The van der Waals surface area contributed by atoms with Crippen molar-refractivity contribution in [1.82, 2.24) is 10.2 Å². The van der Waals surface area contributed by atoms with Gasteiger partial charge >= 0.3 is 0 Å². The van der Waals surface area contributed by atoms with Crippen molar-refractivity contribution in [3.05, 3.63) is 99.5 Å². The Hall–Kier alpha value is -3.17. The molecule has 38 heavy (non-hydrogen) atoms. The Balaban J connectivity index is 2.04. The van der Waals surface area contributed by atoms with Crippen LogP contribution >= 0.6 is 15.9 Å². The smallest absolute Gasteiger partial charge is 0.244 e. The van der Waals surface area contributed by atoms with E-state index >= 15 is 0 Å². The Kier molecular flexibility index (Phi) is 10.1. The fourth-order valence-electron chi connectivity index (χ4n) is 4.13. The molecule has 0 aromatic heterocycles. The first-order valence-electron chi connectivity index (χ1n) is 12.4. The highest BCUT2D eigenvalue weighted by atomic mass is 79.9. The SMILES string of the molecule is CCNC(=O)[C@H](Cc1ccccc1)N(Cc1ccc(Br)cc1)C(=O)CN(c1ccc(C)c(C)c1)S(C)(=O)=O. The van der Waals surface area contributed by atoms with Crippen molar-refractivity contribution in [1.29, 1.82) is 0 Å². The van der Waals surface area contributed by atoms with Crippen LogP contribution < -0.4 is 9.62 Å². The van der Waals surface area contributed by atoms with Gasteiger partial charge in [-0.05, 0) is 67.3 Å². The molecule has 0 radical (unpaired) electrons. The number of carbonyl (C=O) groups excluding carboxylic acids is 2. The maximum Gasteiger partial charge on any atom is 0.244 e. The molecular formula is C29H34BrN3O4S. The van der Waals surface area contributed by atoms with Crippen LogP contribution in [0, 0.1) is 13.8 Å². The molecule has 202 valence electrons. The summed E-state index contributed by atoms with van der Waals surface area (Å²) in [5.74, 6) is -0.761. The minimum atomic E-state index is -3.79. The maximum absolute atomic E-state index is 14.0. The Labute approximate surface area is 234 Å². The number of hydrogen-bond donors (Lipinski definition) is 1. The van der Waals surface area contributed by atoms with Crippen LogP contribution in [0.3, 0.4) is 0 Å². The number of halogens is 1. The highest BCUT2D eigenvalue weighted by Crippen LogP contribution is 2.23. The van der Waals surface area contributed by atoms with Crippen molar-refractivity contribution in [3.8, 4) is 0 Å². The third kappa shape index (κ3) is 7.91. The van der Waals surface area contributed by atoms with Crippen molar-refractivity contribution >= 4 is 43.5 Å². The standard InChI is InChI=1S/C29H34BrN3O4S/c1-5-31-29(35)27(18-23-9-7-6-8-10-23)32(19-24-12-14-25(30)15-13-24)28(34)20-33(38(4,36)37)26-16-11-21(2)22(3)17-26/h6-17,27H,5,18-20H2,1-4H3,(H,31,35)/t27-/m0/s1. The van der Waals surface area contributed by atoms with E-state index in [1.807, 2.05) is 81.4 Å². The number of sulfonamides is 1. The van der Waals surface area contributed by atoms with Gasteiger partial charge in [-0.1, -0.05) is 64.5 Å². The number of likely N-dealkylation sites (N-methyl/N-ethyl adjacent to an activating group) is 1. The molecule has 1 N–H and O–H groups in total. The first kappa shape index (κ1) is 29.4. The first-order chi connectivity index (χ1) is 18.0. The summed E-state index contributed by atoms with van der Waals surface area (Å²) in [5.41, 5.74) is 4.06. The first-order valence-corrected chi connectivity index (χ1v) is 15.0. The fourth-order valence-corrected chi connectivity index (χ4v) is 5.23. The summed E-state index contributed by atoms with van der Waals surface area (Å²) in [6, 6.07) is 21.4. The van der Waals surface area contributed by atoms with Crippen LogP contribution in [0.15, 0.2) is 77.3 Å². The highest BCUT2D eigenvalue weighted by Gasteiger charge is 2.32. The number of benzene rings is 3. The van der Waals surface area contributed by atoms with Crippen molar-refractivity contribution < 1.29 is 18.0 Å². The predicted octanol–water partition coefficient (Wildman–Crippen LogP) is 4.61. The van der Waals surface area contributed by atoms with E-state index < -0.39 is 28.5 Å². The molecule has 3 rings (SSSR count). The number of rotatable bonds is 11. The van der Waals surface area contributed by atoms with Crippen LogP contribution in [0.1, 0.15) is 29.2 Å². The third-order valence-corrected chi connectivity index (χ3v) is 8.02. The highest BCUT2D eigenvalue weighted by molar-refractivity contribution is 9.10. The van der Waals surface area contributed by atoms with Gasteiger partial charge in [0.1, 0.15) is 12.6 Å². The van der Waals surface area contributed by atoms with E-state index in [2.05, 4.69) is 21.2 Å². The molecule has 0 aliphatic heterocycles. The molecule has 0 fully saturated rings. The molecule has 0 aliphatic rings. The lowest BCUT2D eigenvalue weighted by atomic mass is 10.0. The average Bonchev–Trinajstić information content (AvgIpc) is 2.87. The second kappa shape index (κ2) is 13.1. The van der Waals surface area contributed by atoms with Gasteiger partial charge in [-0.3, -0.25) is 13.9 Å². The van der Waals surface area contributed by atoms with Gasteiger partial charge in [0, 0.05) is 24.0 Å². The molecule has 0 heterocycles. The molecule has 9 heteroatoms. The number of aryl methyl sites for hydroxylation is 2. The Morgan fingerprint density at radius 3 is 2.16 bits per heavy atom. The van der Waals surface area contributed by atoms with E-state index in [-0.39, 0.29) is 18.9 Å². The lowest BCUT2D eigenvalue weighted by molar-refractivity contribution is -0.140. The van der Waals surface area contributed by atoms with Gasteiger partial charge in [0.15, 0.2) is 0 Å². The molecule has 3 aromatic rings. The molecule has 0 bridgehead atoms. The van der Waals surface area contributed by atoms with E-state index in [9.17, 15) is 18.0 Å². The minimum absolute atomic E-state index is 0.144. The molecule has 0 unspecified atom stereocenters. The number of amides is 2. The molecule has 0 saturated carbocycles. The van der Waals surface area contributed by atoms with Crippen molar-refractivity contribution in [2.24, 2.45) is 0 Å². The van der Waals surface area contributed by atoms with Gasteiger partial charge in [0.05, 0.1) is 11.9 Å². The van der Waals surface area contributed by atoms with Crippen LogP contribution in [0.4, 0.5) is 5.69 Å². The molecule has 2 amide bonds. The second-order valence-electron chi connectivity index (χ2n) is 9.29. The zero-order valence-corrected chi connectivity index (χ0v) is 24.6. The van der Waals surface area contributed by atoms with Gasteiger partial charge < -0.3 is 10.2 Å².